The van der Waals surface area contributed by atoms with Gasteiger partial charge in [-0.05, 0) is 54.1 Å². The largest absolute Gasteiger partial charge is 0.360 e. The molecule has 0 spiro atoms. The van der Waals surface area contributed by atoms with Gasteiger partial charge in [0.05, 0.1) is 4.90 Å². The Morgan fingerprint density at radius 3 is 2.59 bits per heavy atom. The van der Waals surface area contributed by atoms with Crippen LogP contribution in [0.5, 0.6) is 0 Å². The maximum atomic E-state index is 13.5. The summed E-state index contributed by atoms with van der Waals surface area (Å²) in [6.07, 6.45) is 4.40. The Kier molecular flexibility index (Phi) is 5.80. The average molecular weight is 452 g/mol. The first-order valence-electron chi connectivity index (χ1n) is 9.44. The number of fused-ring (bicyclic) bond motifs is 1. The van der Waals surface area contributed by atoms with Crippen LogP contribution in [0.4, 0.5) is 10.1 Å². The lowest BCUT2D eigenvalue weighted by Crippen LogP contribution is -2.23. The van der Waals surface area contributed by atoms with Crippen molar-refractivity contribution in [3.8, 4) is 0 Å². The predicted octanol–water partition coefficient (Wildman–Crippen LogP) is 2.79. The number of aromatic amines is 1. The molecule has 0 fully saturated rings. The highest BCUT2D eigenvalue weighted by atomic mass is 32.2. The molecule has 4 aromatic rings. The molecule has 8 nitrogen and oxygen atoms in total. The molecule has 0 bridgehead atoms. The Bertz CT molecular complexity index is 1450. The van der Waals surface area contributed by atoms with Crippen LogP contribution >= 0.6 is 0 Å². The van der Waals surface area contributed by atoms with Gasteiger partial charge in [0, 0.05) is 41.7 Å². The third kappa shape index (κ3) is 4.56. The Labute approximate surface area is 182 Å². The van der Waals surface area contributed by atoms with E-state index in [2.05, 4.69) is 20.0 Å². The molecular formula is C22H17FN4O4S. The summed E-state index contributed by atoms with van der Waals surface area (Å²) in [4.78, 5) is 31.8. The van der Waals surface area contributed by atoms with Crippen LogP contribution in [-0.2, 0) is 16.6 Å². The summed E-state index contributed by atoms with van der Waals surface area (Å²) in [5.41, 5.74) is 0.592. The SMILES string of the molecule is O=C(Nc1ccc(S(=O)(=O)NCc2cccnc2)cc1)c1c[nH]c2ccc(F)cc2c1=O. The van der Waals surface area contributed by atoms with Gasteiger partial charge < -0.3 is 10.3 Å². The highest BCUT2D eigenvalue weighted by Crippen LogP contribution is 2.16. The van der Waals surface area contributed by atoms with E-state index in [1.807, 2.05) is 0 Å². The smallest absolute Gasteiger partial charge is 0.261 e. The van der Waals surface area contributed by atoms with Crippen LogP contribution in [0.15, 0.2) is 82.9 Å². The van der Waals surface area contributed by atoms with Crippen LogP contribution in [0.3, 0.4) is 0 Å². The molecule has 3 N–H and O–H groups in total. The van der Waals surface area contributed by atoms with Crippen molar-refractivity contribution in [2.24, 2.45) is 0 Å². The number of nitrogens with zero attached hydrogens (tertiary/aromatic N) is 1. The second-order valence-electron chi connectivity index (χ2n) is 6.89. The Hall–Kier alpha value is -3.89. The molecule has 0 aliphatic rings. The standard InChI is InChI=1S/C22H17FN4O4S/c23-15-3-8-20-18(10-15)21(28)19(13-25-20)22(29)27-16-4-6-17(7-5-16)32(30,31)26-12-14-2-1-9-24-11-14/h1-11,13,26H,12H2,(H,25,28)(H,27,29). The zero-order valence-corrected chi connectivity index (χ0v) is 17.3. The number of hydrogen-bond acceptors (Lipinski definition) is 5. The van der Waals surface area contributed by atoms with Gasteiger partial charge in [0.2, 0.25) is 15.5 Å². The highest BCUT2D eigenvalue weighted by molar-refractivity contribution is 7.89. The van der Waals surface area contributed by atoms with Crippen molar-refractivity contribution < 1.29 is 17.6 Å². The molecule has 162 valence electrons. The van der Waals surface area contributed by atoms with Crippen LogP contribution in [0.25, 0.3) is 10.9 Å². The van der Waals surface area contributed by atoms with Crippen molar-refractivity contribution in [3.05, 3.63) is 100 Å². The van der Waals surface area contributed by atoms with Crippen molar-refractivity contribution in [2.45, 2.75) is 11.4 Å². The number of halogens is 1. The minimum absolute atomic E-state index is 0.0124. The summed E-state index contributed by atoms with van der Waals surface area (Å²) in [5.74, 6) is -1.29. The highest BCUT2D eigenvalue weighted by Gasteiger charge is 2.16. The van der Waals surface area contributed by atoms with Crippen molar-refractivity contribution in [1.82, 2.24) is 14.7 Å². The molecule has 0 saturated heterocycles. The predicted molar refractivity (Wildman–Crippen MR) is 117 cm³/mol. The van der Waals surface area contributed by atoms with Gasteiger partial charge in [-0.15, -0.1) is 0 Å². The normalized spacial score (nSPS) is 11.4. The Morgan fingerprint density at radius 1 is 1.09 bits per heavy atom. The summed E-state index contributed by atoms with van der Waals surface area (Å²) in [5, 5.41) is 2.59. The number of anilines is 1. The molecule has 0 aliphatic heterocycles. The summed E-state index contributed by atoms with van der Waals surface area (Å²) < 4.78 is 40.9. The number of nitrogens with one attached hydrogen (secondary N) is 3. The van der Waals surface area contributed by atoms with E-state index in [-0.39, 0.29) is 22.4 Å². The minimum Gasteiger partial charge on any atom is -0.360 e. The molecule has 0 unspecified atom stereocenters. The molecule has 2 aromatic heterocycles. The van der Waals surface area contributed by atoms with Gasteiger partial charge in [-0.25, -0.2) is 17.5 Å². The molecule has 32 heavy (non-hydrogen) atoms. The number of carbonyl (C=O) groups is 1. The minimum atomic E-state index is -3.77. The van der Waals surface area contributed by atoms with Crippen LogP contribution in [0.1, 0.15) is 15.9 Å². The van der Waals surface area contributed by atoms with Gasteiger partial charge >= 0.3 is 0 Å². The number of hydrogen-bond donors (Lipinski definition) is 3. The molecule has 0 atom stereocenters. The molecule has 2 heterocycles. The Morgan fingerprint density at radius 2 is 1.88 bits per heavy atom. The van der Waals surface area contributed by atoms with E-state index >= 15 is 0 Å². The molecule has 0 saturated carbocycles. The molecule has 10 heteroatoms. The summed E-state index contributed by atoms with van der Waals surface area (Å²) >= 11 is 0. The maximum Gasteiger partial charge on any atom is 0.261 e. The van der Waals surface area contributed by atoms with E-state index in [0.29, 0.717) is 16.8 Å². The van der Waals surface area contributed by atoms with E-state index in [9.17, 15) is 22.4 Å². The monoisotopic (exact) mass is 452 g/mol. The first-order chi connectivity index (χ1) is 15.3. The van der Waals surface area contributed by atoms with Gasteiger partial charge in [-0.1, -0.05) is 6.07 Å². The second-order valence-corrected chi connectivity index (χ2v) is 8.65. The van der Waals surface area contributed by atoms with E-state index < -0.39 is 27.2 Å². The number of sulfonamides is 1. The fourth-order valence-electron chi connectivity index (χ4n) is 3.04. The fraction of sp³-hybridized carbons (Fsp3) is 0.0455. The van der Waals surface area contributed by atoms with Gasteiger partial charge in [-0.2, -0.15) is 0 Å². The maximum absolute atomic E-state index is 13.5. The Balaban J connectivity index is 1.49. The number of H-pyrrole nitrogens is 1. The number of benzene rings is 2. The first-order valence-corrected chi connectivity index (χ1v) is 10.9. The zero-order valence-electron chi connectivity index (χ0n) is 16.5. The number of carbonyl (C=O) groups excluding carboxylic acids is 1. The van der Waals surface area contributed by atoms with E-state index in [1.54, 1.807) is 24.5 Å². The number of pyridine rings is 2. The van der Waals surface area contributed by atoms with Crippen LogP contribution in [0.2, 0.25) is 0 Å². The lowest BCUT2D eigenvalue weighted by Gasteiger charge is -2.09. The zero-order chi connectivity index (χ0) is 22.7. The summed E-state index contributed by atoms with van der Waals surface area (Å²) in [6, 6.07) is 12.6. The molecule has 2 aromatic carbocycles. The lowest BCUT2D eigenvalue weighted by molar-refractivity contribution is 0.102. The number of rotatable bonds is 6. The molecule has 4 rings (SSSR count). The topological polar surface area (TPSA) is 121 Å². The van der Waals surface area contributed by atoms with Crippen molar-refractivity contribution in [2.75, 3.05) is 5.32 Å². The fourth-order valence-corrected chi connectivity index (χ4v) is 4.06. The molecular weight excluding hydrogens is 435 g/mol. The van der Waals surface area contributed by atoms with Gasteiger partial charge in [0.25, 0.3) is 5.91 Å². The van der Waals surface area contributed by atoms with Gasteiger partial charge in [0.1, 0.15) is 11.4 Å². The van der Waals surface area contributed by atoms with Crippen LogP contribution in [-0.4, -0.2) is 24.3 Å². The van der Waals surface area contributed by atoms with Gasteiger partial charge in [0.15, 0.2) is 0 Å². The summed E-state index contributed by atoms with van der Waals surface area (Å²) in [7, 11) is -3.77. The van der Waals surface area contributed by atoms with Crippen molar-refractivity contribution in [1.29, 1.82) is 0 Å². The third-order valence-corrected chi connectivity index (χ3v) is 6.12. The quantitative estimate of drug-likeness (QED) is 0.415. The number of aromatic nitrogens is 2. The lowest BCUT2D eigenvalue weighted by atomic mass is 10.1. The number of amides is 1. The molecule has 1 amide bonds. The first kappa shape index (κ1) is 21.3. The van der Waals surface area contributed by atoms with E-state index in [1.165, 1.54) is 42.6 Å². The third-order valence-electron chi connectivity index (χ3n) is 4.70. The van der Waals surface area contributed by atoms with Crippen molar-refractivity contribution in [3.63, 3.8) is 0 Å². The van der Waals surface area contributed by atoms with Crippen LogP contribution < -0.4 is 15.5 Å². The molecule has 0 aliphatic carbocycles. The molecule has 0 radical (unpaired) electrons. The summed E-state index contributed by atoms with van der Waals surface area (Å²) in [6.45, 7) is 0.0833. The van der Waals surface area contributed by atoms with Crippen LogP contribution in [0, 0.1) is 5.82 Å². The van der Waals surface area contributed by atoms with E-state index in [4.69, 9.17) is 0 Å². The van der Waals surface area contributed by atoms with E-state index in [0.717, 1.165) is 6.07 Å². The average Bonchev–Trinajstić information content (AvgIpc) is 2.79. The van der Waals surface area contributed by atoms with Crippen molar-refractivity contribution >= 4 is 32.5 Å². The second kappa shape index (κ2) is 8.69. The van der Waals surface area contributed by atoms with Gasteiger partial charge in [-0.3, -0.25) is 14.6 Å².